The van der Waals surface area contributed by atoms with E-state index in [2.05, 4.69) is 21.9 Å². The molecule has 114 valence electrons. The molecule has 2 aromatic rings. The molecule has 22 heavy (non-hydrogen) atoms. The maximum atomic E-state index is 12.1. The maximum Gasteiger partial charge on any atom is 0.256 e. The number of hydrogen-bond acceptors (Lipinski definition) is 5. The molecular weight excluding hydrogens is 302 g/mol. The first kappa shape index (κ1) is 15.8. The Morgan fingerprint density at radius 2 is 1.77 bits per heavy atom. The summed E-state index contributed by atoms with van der Waals surface area (Å²) < 4.78 is 22.8. The second kappa shape index (κ2) is 6.07. The number of nitrogens with one attached hydrogen (secondary N) is 1. The third-order valence-electron chi connectivity index (χ3n) is 2.93. The molecule has 0 fully saturated rings. The molecule has 2 rings (SSSR count). The summed E-state index contributed by atoms with van der Waals surface area (Å²) in [5.74, 6) is -0.102. The van der Waals surface area contributed by atoms with Gasteiger partial charge in [0.1, 0.15) is 0 Å². The molecule has 6 nitrogen and oxygen atoms in total. The van der Waals surface area contributed by atoms with Crippen LogP contribution in [0.3, 0.4) is 0 Å². The number of aromatic nitrogens is 2. The number of aryl methyl sites for hydroxylation is 1. The average molecular weight is 317 g/mol. The zero-order valence-corrected chi connectivity index (χ0v) is 13.0. The first-order chi connectivity index (χ1) is 10.3. The molecule has 0 aliphatic heterocycles. The van der Waals surface area contributed by atoms with E-state index in [-0.39, 0.29) is 10.5 Å². The number of sulfone groups is 1. The predicted molar refractivity (Wildman–Crippen MR) is 84.0 cm³/mol. The van der Waals surface area contributed by atoms with E-state index < -0.39 is 15.7 Å². The fraction of sp³-hybridized carbons (Fsp3) is 0.133. The van der Waals surface area contributed by atoms with Crippen LogP contribution in [0.15, 0.2) is 48.1 Å². The van der Waals surface area contributed by atoms with Crippen molar-refractivity contribution in [3.05, 3.63) is 54.5 Å². The van der Waals surface area contributed by atoms with Gasteiger partial charge in [-0.05, 0) is 24.6 Å². The van der Waals surface area contributed by atoms with Crippen molar-refractivity contribution < 1.29 is 13.2 Å². The van der Waals surface area contributed by atoms with Crippen LogP contribution in [-0.2, 0) is 14.6 Å². The van der Waals surface area contributed by atoms with E-state index in [0.717, 1.165) is 11.9 Å². The Morgan fingerprint density at radius 3 is 2.27 bits per heavy atom. The van der Waals surface area contributed by atoms with Crippen LogP contribution in [0.25, 0.3) is 5.57 Å². The van der Waals surface area contributed by atoms with Crippen LogP contribution in [0.4, 0.5) is 5.82 Å². The molecule has 1 aromatic heterocycles. The van der Waals surface area contributed by atoms with E-state index in [4.69, 9.17) is 0 Å². The van der Waals surface area contributed by atoms with E-state index in [1.54, 1.807) is 25.3 Å². The zero-order valence-electron chi connectivity index (χ0n) is 12.2. The van der Waals surface area contributed by atoms with E-state index >= 15 is 0 Å². The summed E-state index contributed by atoms with van der Waals surface area (Å²) in [5.41, 5.74) is 1.49. The Hall–Kier alpha value is -2.54. The minimum atomic E-state index is -3.27. The summed E-state index contributed by atoms with van der Waals surface area (Å²) in [6.07, 6.45) is 4.12. The van der Waals surface area contributed by atoms with Gasteiger partial charge < -0.3 is 5.32 Å². The molecule has 0 spiro atoms. The molecule has 1 amide bonds. The standard InChI is InChI=1S/C15H15N3O3S/c1-10-8-17-14(9-16-10)18-15(19)11(2)12-4-6-13(7-5-12)22(3,20)21/h4-9H,2H2,1,3H3,(H,17,18,19). The van der Waals surface area contributed by atoms with Crippen molar-refractivity contribution in [2.75, 3.05) is 11.6 Å². The Morgan fingerprint density at radius 1 is 1.14 bits per heavy atom. The molecule has 0 bridgehead atoms. The number of carbonyl (C=O) groups excluding carboxylic acids is 1. The van der Waals surface area contributed by atoms with Gasteiger partial charge in [-0.2, -0.15) is 0 Å². The topological polar surface area (TPSA) is 89.0 Å². The number of hydrogen-bond donors (Lipinski definition) is 1. The lowest BCUT2D eigenvalue weighted by atomic mass is 10.1. The second-order valence-corrected chi connectivity index (χ2v) is 6.79. The lowest BCUT2D eigenvalue weighted by Crippen LogP contribution is -2.14. The third-order valence-corrected chi connectivity index (χ3v) is 4.06. The third kappa shape index (κ3) is 3.76. The van der Waals surface area contributed by atoms with Crippen LogP contribution in [-0.4, -0.2) is 30.5 Å². The molecule has 1 aromatic carbocycles. The van der Waals surface area contributed by atoms with Gasteiger partial charge in [-0.1, -0.05) is 18.7 Å². The quantitative estimate of drug-likeness (QED) is 0.869. The van der Waals surface area contributed by atoms with E-state index in [9.17, 15) is 13.2 Å². The second-order valence-electron chi connectivity index (χ2n) is 4.77. The zero-order chi connectivity index (χ0) is 16.3. The highest BCUT2D eigenvalue weighted by molar-refractivity contribution is 7.90. The van der Waals surface area contributed by atoms with Gasteiger partial charge in [-0.15, -0.1) is 0 Å². The molecule has 0 aliphatic carbocycles. The first-order valence-corrected chi connectivity index (χ1v) is 8.26. The number of amides is 1. The van der Waals surface area contributed by atoms with Crippen LogP contribution < -0.4 is 5.32 Å². The van der Waals surface area contributed by atoms with E-state index in [1.165, 1.54) is 18.3 Å². The lowest BCUT2D eigenvalue weighted by Gasteiger charge is -2.08. The van der Waals surface area contributed by atoms with Crippen molar-refractivity contribution in [3.63, 3.8) is 0 Å². The van der Waals surface area contributed by atoms with E-state index in [1.807, 2.05) is 0 Å². The summed E-state index contributed by atoms with van der Waals surface area (Å²) in [6, 6.07) is 5.96. The van der Waals surface area contributed by atoms with Gasteiger partial charge >= 0.3 is 0 Å². The van der Waals surface area contributed by atoms with Crippen LogP contribution in [0.1, 0.15) is 11.3 Å². The van der Waals surface area contributed by atoms with Gasteiger partial charge in [0, 0.05) is 11.8 Å². The fourth-order valence-corrected chi connectivity index (χ4v) is 2.31. The minimum absolute atomic E-state index is 0.189. The molecule has 0 radical (unpaired) electrons. The molecule has 7 heteroatoms. The van der Waals surface area contributed by atoms with Crippen LogP contribution in [0.2, 0.25) is 0 Å². The Labute approximate surface area is 128 Å². The van der Waals surface area contributed by atoms with Gasteiger partial charge in [-0.3, -0.25) is 9.78 Å². The molecule has 0 saturated carbocycles. The Bertz CT molecular complexity index is 810. The summed E-state index contributed by atoms with van der Waals surface area (Å²) in [7, 11) is -3.27. The normalized spacial score (nSPS) is 11.0. The van der Waals surface area contributed by atoms with Crippen molar-refractivity contribution in [2.45, 2.75) is 11.8 Å². The molecule has 1 N–H and O–H groups in total. The van der Waals surface area contributed by atoms with Crippen molar-refractivity contribution in [1.29, 1.82) is 0 Å². The average Bonchev–Trinajstić information content (AvgIpc) is 2.48. The number of rotatable bonds is 4. The SMILES string of the molecule is C=C(C(=O)Nc1cnc(C)cn1)c1ccc(S(C)(=O)=O)cc1. The highest BCUT2D eigenvalue weighted by Gasteiger charge is 2.12. The Balaban J connectivity index is 2.13. The minimum Gasteiger partial charge on any atom is -0.305 e. The molecule has 0 atom stereocenters. The molecule has 0 unspecified atom stereocenters. The number of anilines is 1. The Kier molecular flexibility index (Phi) is 4.37. The molecule has 1 heterocycles. The number of benzene rings is 1. The van der Waals surface area contributed by atoms with Gasteiger partial charge in [-0.25, -0.2) is 13.4 Å². The monoisotopic (exact) mass is 317 g/mol. The highest BCUT2D eigenvalue weighted by atomic mass is 32.2. The van der Waals surface area contributed by atoms with Crippen molar-refractivity contribution in [3.8, 4) is 0 Å². The van der Waals surface area contributed by atoms with Crippen molar-refractivity contribution in [1.82, 2.24) is 9.97 Å². The van der Waals surface area contributed by atoms with Gasteiger partial charge in [0.15, 0.2) is 15.7 Å². The molecule has 0 saturated heterocycles. The lowest BCUT2D eigenvalue weighted by molar-refractivity contribution is -0.111. The molecule has 0 aliphatic rings. The summed E-state index contributed by atoms with van der Waals surface area (Å²) in [6.45, 7) is 5.51. The van der Waals surface area contributed by atoms with E-state index in [0.29, 0.717) is 11.4 Å². The summed E-state index contributed by atoms with van der Waals surface area (Å²) >= 11 is 0. The number of carbonyl (C=O) groups is 1. The van der Waals surface area contributed by atoms with Gasteiger partial charge in [0.25, 0.3) is 5.91 Å². The van der Waals surface area contributed by atoms with Crippen molar-refractivity contribution >= 4 is 27.1 Å². The number of nitrogens with zero attached hydrogens (tertiary/aromatic N) is 2. The van der Waals surface area contributed by atoms with Crippen molar-refractivity contribution in [2.24, 2.45) is 0 Å². The van der Waals surface area contributed by atoms with Gasteiger partial charge in [0.05, 0.1) is 23.0 Å². The first-order valence-electron chi connectivity index (χ1n) is 6.37. The van der Waals surface area contributed by atoms with Gasteiger partial charge in [0.2, 0.25) is 0 Å². The summed E-state index contributed by atoms with van der Waals surface area (Å²) in [5, 5.41) is 2.58. The largest absolute Gasteiger partial charge is 0.305 e. The van der Waals surface area contributed by atoms with Crippen LogP contribution >= 0.6 is 0 Å². The maximum absolute atomic E-state index is 12.1. The fourth-order valence-electron chi connectivity index (χ4n) is 1.68. The molecular formula is C15H15N3O3S. The van der Waals surface area contributed by atoms with Crippen LogP contribution in [0, 0.1) is 6.92 Å². The smallest absolute Gasteiger partial charge is 0.256 e. The summed E-state index contributed by atoms with van der Waals surface area (Å²) in [4.78, 5) is 20.3. The van der Waals surface area contributed by atoms with Crippen LogP contribution in [0.5, 0.6) is 0 Å². The highest BCUT2D eigenvalue weighted by Crippen LogP contribution is 2.17. The predicted octanol–water partition coefficient (Wildman–Crippen LogP) is 1.84.